The summed E-state index contributed by atoms with van der Waals surface area (Å²) in [5.41, 5.74) is 1.41. The van der Waals surface area contributed by atoms with Gasteiger partial charge < -0.3 is 4.74 Å². The van der Waals surface area contributed by atoms with Crippen molar-refractivity contribution in [3.63, 3.8) is 0 Å². The number of halogens is 2. The van der Waals surface area contributed by atoms with Gasteiger partial charge in [0.25, 0.3) is 0 Å². The van der Waals surface area contributed by atoms with Crippen LogP contribution in [0.5, 0.6) is 5.75 Å². The third-order valence-electron chi connectivity index (χ3n) is 4.20. The second-order valence-corrected chi connectivity index (χ2v) is 8.22. The Morgan fingerprint density at radius 2 is 1.70 bits per heavy atom. The monoisotopic (exact) mass is 448 g/mol. The quantitative estimate of drug-likeness (QED) is 0.326. The summed E-state index contributed by atoms with van der Waals surface area (Å²) >= 11 is 4.64. The van der Waals surface area contributed by atoms with Crippen molar-refractivity contribution in [1.82, 2.24) is 10.2 Å². The molecule has 0 saturated carbocycles. The number of aromatic nitrogens is 2. The summed E-state index contributed by atoms with van der Waals surface area (Å²) in [6.07, 6.45) is 6.12. The molecular weight excluding hydrogens is 427 g/mol. The predicted octanol–water partition coefficient (Wildman–Crippen LogP) is 7.12. The van der Waals surface area contributed by atoms with Crippen LogP contribution < -0.4 is 4.74 Å². The fourth-order valence-electron chi connectivity index (χ4n) is 2.70. The van der Waals surface area contributed by atoms with Crippen LogP contribution in [0.3, 0.4) is 0 Å². The van der Waals surface area contributed by atoms with E-state index in [0.717, 1.165) is 29.3 Å². The van der Waals surface area contributed by atoms with Gasteiger partial charge in [-0.3, -0.25) is 0 Å². The molecule has 0 aliphatic carbocycles. The Hall–Kier alpha value is -1.79. The van der Waals surface area contributed by atoms with E-state index in [-0.39, 0.29) is 5.82 Å². The molecule has 0 aliphatic heterocycles. The molecule has 142 valence electrons. The highest BCUT2D eigenvalue weighted by molar-refractivity contribution is 9.10. The Bertz CT molecular complexity index is 867. The van der Waals surface area contributed by atoms with E-state index >= 15 is 0 Å². The maximum atomic E-state index is 14.1. The fraction of sp³-hybridized carbons (Fsp3) is 0.333. The largest absolute Gasteiger partial charge is 0.494 e. The molecule has 1 heterocycles. The van der Waals surface area contributed by atoms with E-state index in [2.05, 4.69) is 33.1 Å². The van der Waals surface area contributed by atoms with Gasteiger partial charge in [-0.1, -0.05) is 59.9 Å². The van der Waals surface area contributed by atoms with Crippen molar-refractivity contribution < 1.29 is 9.13 Å². The lowest BCUT2D eigenvalue weighted by Gasteiger charge is -2.06. The molecule has 6 heteroatoms. The van der Waals surface area contributed by atoms with E-state index in [9.17, 15) is 4.39 Å². The van der Waals surface area contributed by atoms with Crippen LogP contribution in [0, 0.1) is 5.82 Å². The SMILES string of the molecule is CCCCCCCOc1ccc(-c2nnc(-c3ccc(Br)cc3F)s2)cc1. The molecular formula is C21H22BrFN2OS. The van der Waals surface area contributed by atoms with Gasteiger partial charge in [-0.05, 0) is 48.9 Å². The van der Waals surface area contributed by atoms with Crippen LogP contribution in [0.25, 0.3) is 21.1 Å². The first kappa shape index (κ1) is 20.0. The summed E-state index contributed by atoms with van der Waals surface area (Å²) in [4.78, 5) is 0. The van der Waals surface area contributed by atoms with E-state index in [4.69, 9.17) is 4.74 Å². The molecule has 0 N–H and O–H groups in total. The number of hydrogen-bond acceptors (Lipinski definition) is 4. The zero-order valence-corrected chi connectivity index (χ0v) is 17.7. The van der Waals surface area contributed by atoms with Crippen LogP contribution in [-0.4, -0.2) is 16.8 Å². The van der Waals surface area contributed by atoms with Gasteiger partial charge in [0, 0.05) is 15.6 Å². The molecule has 0 bridgehead atoms. The fourth-order valence-corrected chi connectivity index (χ4v) is 3.91. The molecule has 1 aromatic heterocycles. The Labute approximate surface area is 171 Å². The number of unbranched alkanes of at least 4 members (excludes halogenated alkanes) is 4. The third kappa shape index (κ3) is 5.59. The second-order valence-electron chi connectivity index (χ2n) is 6.32. The van der Waals surface area contributed by atoms with E-state index in [0.29, 0.717) is 15.0 Å². The van der Waals surface area contributed by atoms with E-state index in [1.807, 2.05) is 24.3 Å². The van der Waals surface area contributed by atoms with Crippen LogP contribution in [0.2, 0.25) is 0 Å². The lowest BCUT2D eigenvalue weighted by Crippen LogP contribution is -1.97. The van der Waals surface area contributed by atoms with Crippen LogP contribution in [0.1, 0.15) is 39.0 Å². The average molecular weight is 449 g/mol. The lowest BCUT2D eigenvalue weighted by atomic mass is 10.2. The van der Waals surface area contributed by atoms with E-state index in [1.54, 1.807) is 12.1 Å². The Kier molecular flexibility index (Phi) is 7.35. The summed E-state index contributed by atoms with van der Waals surface area (Å²) in [6, 6.07) is 12.8. The van der Waals surface area contributed by atoms with E-state index < -0.39 is 0 Å². The minimum atomic E-state index is -0.310. The number of ether oxygens (including phenoxy) is 1. The number of benzene rings is 2. The number of nitrogens with zero attached hydrogens (tertiary/aromatic N) is 2. The van der Waals surface area contributed by atoms with Crippen molar-refractivity contribution in [2.75, 3.05) is 6.61 Å². The molecule has 0 radical (unpaired) electrons. The van der Waals surface area contributed by atoms with E-state index in [1.165, 1.54) is 43.1 Å². The molecule has 3 aromatic rings. The average Bonchev–Trinajstić information content (AvgIpc) is 3.15. The zero-order valence-electron chi connectivity index (χ0n) is 15.3. The van der Waals surface area contributed by atoms with Crippen molar-refractivity contribution >= 4 is 27.3 Å². The topological polar surface area (TPSA) is 35.0 Å². The Balaban J connectivity index is 1.60. The number of rotatable bonds is 9. The summed E-state index contributed by atoms with van der Waals surface area (Å²) in [5, 5.41) is 9.69. The summed E-state index contributed by atoms with van der Waals surface area (Å²) in [7, 11) is 0. The molecule has 0 saturated heterocycles. The highest BCUT2D eigenvalue weighted by Gasteiger charge is 2.12. The highest BCUT2D eigenvalue weighted by atomic mass is 79.9. The Morgan fingerprint density at radius 1 is 0.963 bits per heavy atom. The van der Waals surface area contributed by atoms with Gasteiger partial charge in [0.15, 0.2) is 5.01 Å². The van der Waals surface area contributed by atoms with Crippen LogP contribution in [-0.2, 0) is 0 Å². The minimum Gasteiger partial charge on any atom is -0.494 e. The third-order valence-corrected chi connectivity index (χ3v) is 5.70. The maximum Gasteiger partial charge on any atom is 0.151 e. The lowest BCUT2D eigenvalue weighted by molar-refractivity contribution is 0.304. The molecule has 0 fully saturated rings. The minimum absolute atomic E-state index is 0.310. The van der Waals surface area contributed by atoms with Crippen LogP contribution in [0.15, 0.2) is 46.9 Å². The molecule has 3 nitrogen and oxygen atoms in total. The van der Waals surface area contributed by atoms with Crippen molar-refractivity contribution in [2.24, 2.45) is 0 Å². The normalized spacial score (nSPS) is 10.9. The first-order chi connectivity index (χ1) is 13.2. The molecule has 0 aliphatic rings. The van der Waals surface area contributed by atoms with Gasteiger partial charge in [0.2, 0.25) is 0 Å². The molecule has 0 spiro atoms. The molecule has 27 heavy (non-hydrogen) atoms. The first-order valence-corrected chi connectivity index (χ1v) is 10.8. The van der Waals surface area contributed by atoms with Gasteiger partial charge >= 0.3 is 0 Å². The van der Waals surface area contributed by atoms with Gasteiger partial charge in [0.1, 0.15) is 16.6 Å². The van der Waals surface area contributed by atoms with Gasteiger partial charge in [-0.25, -0.2) is 4.39 Å². The summed E-state index contributed by atoms with van der Waals surface area (Å²) < 4.78 is 20.6. The van der Waals surface area contributed by atoms with Crippen molar-refractivity contribution in [2.45, 2.75) is 39.0 Å². The molecule has 3 rings (SSSR count). The summed E-state index contributed by atoms with van der Waals surface area (Å²) in [6.45, 7) is 2.96. The Morgan fingerprint density at radius 3 is 2.44 bits per heavy atom. The smallest absolute Gasteiger partial charge is 0.151 e. The molecule has 2 aromatic carbocycles. The van der Waals surface area contributed by atoms with Gasteiger partial charge in [-0.2, -0.15) is 0 Å². The maximum absolute atomic E-state index is 14.1. The zero-order chi connectivity index (χ0) is 19.1. The molecule has 0 amide bonds. The standard InChI is InChI=1S/C21H22BrFN2OS/c1-2-3-4-5-6-13-26-17-10-7-15(8-11-17)20-24-25-21(27-20)18-12-9-16(22)14-19(18)23/h7-12,14H,2-6,13H2,1H3. The van der Waals surface area contributed by atoms with Crippen molar-refractivity contribution in [1.29, 1.82) is 0 Å². The van der Waals surface area contributed by atoms with Gasteiger partial charge in [0.05, 0.1) is 6.61 Å². The van der Waals surface area contributed by atoms with Crippen molar-refractivity contribution in [3.05, 3.63) is 52.8 Å². The van der Waals surface area contributed by atoms with Crippen molar-refractivity contribution in [3.8, 4) is 26.9 Å². The first-order valence-electron chi connectivity index (χ1n) is 9.19. The molecule has 0 unspecified atom stereocenters. The molecule has 0 atom stereocenters. The predicted molar refractivity (Wildman–Crippen MR) is 113 cm³/mol. The number of hydrogen-bond donors (Lipinski definition) is 0. The summed E-state index contributed by atoms with van der Waals surface area (Å²) in [5.74, 6) is 0.549. The second kappa shape index (κ2) is 9.95. The van der Waals surface area contributed by atoms with Gasteiger partial charge in [-0.15, -0.1) is 10.2 Å². The van der Waals surface area contributed by atoms with Crippen LogP contribution in [0.4, 0.5) is 4.39 Å². The van der Waals surface area contributed by atoms with Crippen LogP contribution >= 0.6 is 27.3 Å². The highest BCUT2D eigenvalue weighted by Crippen LogP contribution is 2.32.